The summed E-state index contributed by atoms with van der Waals surface area (Å²) < 4.78 is 37.8. The second-order valence-corrected chi connectivity index (χ2v) is 4.85. The van der Waals surface area contributed by atoms with Crippen molar-refractivity contribution in [2.75, 3.05) is 11.9 Å². The minimum absolute atomic E-state index is 0.0517. The Labute approximate surface area is 120 Å². The van der Waals surface area contributed by atoms with E-state index < -0.39 is 28.9 Å². The summed E-state index contributed by atoms with van der Waals surface area (Å²) in [5.74, 6) is -1.46. The van der Waals surface area contributed by atoms with Gasteiger partial charge in [0.05, 0.1) is 16.7 Å². The molecular weight excluding hydrogens is 287 g/mol. The van der Waals surface area contributed by atoms with E-state index in [4.69, 9.17) is 5.11 Å². The molecular formula is C14H18F3NO3. The number of hydrogen-bond donors (Lipinski definition) is 3. The number of alkyl halides is 3. The Bertz CT molecular complexity index is 511. The van der Waals surface area contributed by atoms with Crippen molar-refractivity contribution in [3.8, 4) is 0 Å². The van der Waals surface area contributed by atoms with Crippen LogP contribution >= 0.6 is 0 Å². The average Bonchev–Trinajstić information content (AvgIpc) is 2.43. The van der Waals surface area contributed by atoms with Gasteiger partial charge in [0.1, 0.15) is 0 Å². The number of aromatic carboxylic acids is 1. The molecule has 1 aromatic rings. The lowest BCUT2D eigenvalue weighted by molar-refractivity contribution is -0.137. The quantitative estimate of drug-likeness (QED) is 0.753. The Balaban J connectivity index is 3.05. The van der Waals surface area contributed by atoms with Crippen LogP contribution in [0.5, 0.6) is 0 Å². The topological polar surface area (TPSA) is 69.6 Å². The van der Waals surface area contributed by atoms with Crippen LogP contribution in [0.1, 0.15) is 42.6 Å². The molecule has 0 saturated heterocycles. The maximum absolute atomic E-state index is 12.6. The van der Waals surface area contributed by atoms with Crippen molar-refractivity contribution in [1.82, 2.24) is 0 Å². The third-order valence-corrected chi connectivity index (χ3v) is 3.50. The third kappa shape index (κ3) is 4.35. The van der Waals surface area contributed by atoms with Gasteiger partial charge in [-0.1, -0.05) is 13.8 Å². The Morgan fingerprint density at radius 1 is 1.24 bits per heavy atom. The van der Waals surface area contributed by atoms with Gasteiger partial charge in [-0.3, -0.25) is 0 Å². The standard InChI is InChI=1S/C14H18F3NO3/c1-3-13(21,4-2)8-18-11-6-5-9(14(15,16)17)7-10(11)12(19)20/h5-7,18,21H,3-4,8H2,1-2H3,(H,19,20). The van der Waals surface area contributed by atoms with Gasteiger partial charge in [-0.2, -0.15) is 13.2 Å². The average molecular weight is 305 g/mol. The summed E-state index contributed by atoms with van der Waals surface area (Å²) >= 11 is 0. The normalized spacial score (nSPS) is 12.3. The molecule has 4 nitrogen and oxygen atoms in total. The molecule has 21 heavy (non-hydrogen) atoms. The zero-order chi connectivity index (χ0) is 16.3. The highest BCUT2D eigenvalue weighted by Crippen LogP contribution is 2.32. The Morgan fingerprint density at radius 2 is 1.81 bits per heavy atom. The Hall–Kier alpha value is -1.76. The fourth-order valence-corrected chi connectivity index (χ4v) is 1.81. The van der Waals surface area contributed by atoms with E-state index in [2.05, 4.69) is 5.32 Å². The van der Waals surface area contributed by atoms with Gasteiger partial charge in [-0.25, -0.2) is 4.79 Å². The second kappa shape index (κ2) is 6.34. The lowest BCUT2D eigenvalue weighted by Crippen LogP contribution is -2.35. The summed E-state index contributed by atoms with van der Waals surface area (Å²) in [5.41, 5.74) is -2.47. The van der Waals surface area contributed by atoms with Crippen LogP contribution in [0.2, 0.25) is 0 Å². The minimum atomic E-state index is -4.60. The van der Waals surface area contributed by atoms with Gasteiger partial charge in [0.2, 0.25) is 0 Å². The summed E-state index contributed by atoms with van der Waals surface area (Å²) in [6.45, 7) is 3.61. The summed E-state index contributed by atoms with van der Waals surface area (Å²) in [5, 5.41) is 21.9. The highest BCUT2D eigenvalue weighted by molar-refractivity contribution is 5.94. The van der Waals surface area contributed by atoms with E-state index in [1.807, 2.05) is 0 Å². The van der Waals surface area contributed by atoms with Crippen molar-refractivity contribution in [2.45, 2.75) is 38.5 Å². The van der Waals surface area contributed by atoms with Gasteiger partial charge in [0.15, 0.2) is 0 Å². The van der Waals surface area contributed by atoms with Crippen LogP contribution in [0.25, 0.3) is 0 Å². The molecule has 0 unspecified atom stereocenters. The maximum Gasteiger partial charge on any atom is 0.416 e. The number of halogens is 3. The number of aliphatic hydroxyl groups is 1. The smallest absolute Gasteiger partial charge is 0.416 e. The van der Waals surface area contributed by atoms with E-state index in [-0.39, 0.29) is 12.2 Å². The van der Waals surface area contributed by atoms with Crippen LogP contribution in [0.15, 0.2) is 18.2 Å². The van der Waals surface area contributed by atoms with Crippen molar-refractivity contribution in [3.63, 3.8) is 0 Å². The maximum atomic E-state index is 12.6. The van der Waals surface area contributed by atoms with E-state index in [9.17, 15) is 23.1 Å². The van der Waals surface area contributed by atoms with Crippen molar-refractivity contribution >= 4 is 11.7 Å². The van der Waals surface area contributed by atoms with Gasteiger partial charge in [0.25, 0.3) is 0 Å². The van der Waals surface area contributed by atoms with Gasteiger partial charge < -0.3 is 15.5 Å². The van der Waals surface area contributed by atoms with Crippen LogP contribution in [0, 0.1) is 0 Å². The first kappa shape index (κ1) is 17.3. The van der Waals surface area contributed by atoms with Gasteiger partial charge in [0, 0.05) is 12.2 Å². The Morgan fingerprint density at radius 3 is 2.24 bits per heavy atom. The first-order chi connectivity index (χ1) is 9.63. The summed E-state index contributed by atoms with van der Waals surface area (Å²) in [6.07, 6.45) is -3.71. The fraction of sp³-hybridized carbons (Fsp3) is 0.500. The summed E-state index contributed by atoms with van der Waals surface area (Å²) in [7, 11) is 0. The van der Waals surface area contributed by atoms with Crippen LogP contribution in [0.4, 0.5) is 18.9 Å². The number of anilines is 1. The predicted octanol–water partition coefficient (Wildman–Crippen LogP) is 3.37. The molecule has 3 N–H and O–H groups in total. The van der Waals surface area contributed by atoms with E-state index >= 15 is 0 Å². The van der Waals surface area contributed by atoms with Crippen LogP contribution in [-0.4, -0.2) is 28.3 Å². The van der Waals surface area contributed by atoms with Gasteiger partial charge in [-0.05, 0) is 31.0 Å². The Kier molecular flexibility index (Phi) is 5.22. The lowest BCUT2D eigenvalue weighted by Gasteiger charge is -2.26. The lowest BCUT2D eigenvalue weighted by atomic mass is 9.97. The number of carbonyl (C=O) groups is 1. The fourth-order valence-electron chi connectivity index (χ4n) is 1.81. The molecule has 0 aliphatic heterocycles. The van der Waals surface area contributed by atoms with Crippen molar-refractivity contribution in [1.29, 1.82) is 0 Å². The first-order valence-corrected chi connectivity index (χ1v) is 6.53. The molecule has 0 amide bonds. The second-order valence-electron chi connectivity index (χ2n) is 4.85. The van der Waals surface area contributed by atoms with Gasteiger partial charge >= 0.3 is 12.1 Å². The zero-order valence-electron chi connectivity index (χ0n) is 11.8. The molecule has 0 radical (unpaired) electrons. The van der Waals surface area contributed by atoms with E-state index in [1.54, 1.807) is 13.8 Å². The summed E-state index contributed by atoms with van der Waals surface area (Å²) in [4.78, 5) is 11.1. The molecule has 0 aromatic heterocycles. The highest BCUT2D eigenvalue weighted by atomic mass is 19.4. The molecule has 118 valence electrons. The number of rotatable bonds is 6. The zero-order valence-corrected chi connectivity index (χ0v) is 11.8. The number of carboxylic acids is 1. The van der Waals surface area contributed by atoms with Crippen molar-refractivity contribution in [2.24, 2.45) is 0 Å². The molecule has 0 fully saturated rings. The molecule has 1 aromatic carbocycles. The largest absolute Gasteiger partial charge is 0.478 e. The molecule has 0 heterocycles. The third-order valence-electron chi connectivity index (χ3n) is 3.50. The van der Waals surface area contributed by atoms with Crippen molar-refractivity contribution < 1.29 is 28.2 Å². The van der Waals surface area contributed by atoms with Crippen LogP contribution in [-0.2, 0) is 6.18 Å². The molecule has 0 aliphatic rings. The number of carboxylic acid groups (broad SMARTS) is 1. The monoisotopic (exact) mass is 305 g/mol. The minimum Gasteiger partial charge on any atom is -0.478 e. The predicted molar refractivity (Wildman–Crippen MR) is 72.4 cm³/mol. The number of benzene rings is 1. The van der Waals surface area contributed by atoms with E-state index in [0.29, 0.717) is 18.9 Å². The summed E-state index contributed by atoms with van der Waals surface area (Å²) in [6, 6.07) is 2.46. The molecule has 0 bridgehead atoms. The molecule has 0 spiro atoms. The van der Waals surface area contributed by atoms with Crippen LogP contribution in [0.3, 0.4) is 0 Å². The van der Waals surface area contributed by atoms with E-state index in [1.165, 1.54) is 0 Å². The SMILES string of the molecule is CCC(O)(CC)CNc1ccc(C(F)(F)F)cc1C(=O)O. The molecule has 0 atom stereocenters. The number of nitrogens with one attached hydrogen (secondary N) is 1. The molecule has 0 aliphatic carbocycles. The van der Waals surface area contributed by atoms with Crippen LogP contribution < -0.4 is 5.32 Å². The molecule has 1 rings (SSSR count). The van der Waals surface area contributed by atoms with Crippen molar-refractivity contribution in [3.05, 3.63) is 29.3 Å². The molecule has 7 heteroatoms. The highest BCUT2D eigenvalue weighted by Gasteiger charge is 2.32. The molecule has 0 saturated carbocycles. The number of hydrogen-bond acceptors (Lipinski definition) is 3. The van der Waals surface area contributed by atoms with E-state index in [0.717, 1.165) is 12.1 Å². The first-order valence-electron chi connectivity index (χ1n) is 6.53. The van der Waals surface area contributed by atoms with Gasteiger partial charge in [-0.15, -0.1) is 0 Å².